The Morgan fingerprint density at radius 1 is 0.851 bits per heavy atom. The van der Waals surface area contributed by atoms with Gasteiger partial charge < -0.3 is 31.9 Å². The lowest BCUT2D eigenvalue weighted by Crippen LogP contribution is -2.56. The Hall–Kier alpha value is -3.81. The molecule has 0 aliphatic rings. The zero-order valence-electron chi connectivity index (χ0n) is 29.8. The van der Waals surface area contributed by atoms with E-state index in [9.17, 15) is 33.6 Å². The first-order chi connectivity index (χ1) is 22.0. The van der Waals surface area contributed by atoms with Crippen molar-refractivity contribution in [1.82, 2.24) is 31.9 Å². The molecule has 4 unspecified atom stereocenters. The molecule has 47 heavy (non-hydrogen) atoms. The van der Waals surface area contributed by atoms with E-state index in [1.165, 1.54) is 6.42 Å². The molecule has 1 aromatic heterocycles. The van der Waals surface area contributed by atoms with Crippen molar-refractivity contribution in [3.8, 4) is 0 Å². The number of nitrogens with one attached hydrogen (secondary N) is 6. The topological polar surface area (TPSA) is 182 Å². The maximum Gasteiger partial charge on any atom is 0.258 e. The molecule has 7 N–H and O–H groups in total. The van der Waals surface area contributed by atoms with E-state index in [0.29, 0.717) is 24.1 Å². The average molecular weight is 669 g/mol. The Morgan fingerprint density at radius 3 is 1.96 bits per heavy atom. The molecule has 5 amide bonds. The van der Waals surface area contributed by atoms with Crippen LogP contribution in [0.2, 0.25) is 0 Å². The second-order valence-electron chi connectivity index (χ2n) is 12.5. The molecule has 1 heterocycles. The minimum absolute atomic E-state index is 0.109. The van der Waals surface area contributed by atoms with Gasteiger partial charge in [0.1, 0.15) is 12.1 Å². The quantitative estimate of drug-likeness (QED) is 0.0920. The van der Waals surface area contributed by atoms with Crippen LogP contribution in [0.1, 0.15) is 98.9 Å². The molecule has 5 atom stereocenters. The van der Waals surface area contributed by atoms with E-state index in [0.717, 1.165) is 18.5 Å². The average Bonchev–Trinajstić information content (AvgIpc) is 2.99. The first-order valence-electron chi connectivity index (χ1n) is 16.6. The highest BCUT2D eigenvalue weighted by Crippen LogP contribution is 2.11. The van der Waals surface area contributed by atoms with Gasteiger partial charge >= 0.3 is 0 Å². The van der Waals surface area contributed by atoms with Gasteiger partial charge in [0.2, 0.25) is 35.6 Å². The van der Waals surface area contributed by atoms with Crippen LogP contribution >= 0.6 is 0 Å². The first kappa shape index (κ1) is 43.2. The summed E-state index contributed by atoms with van der Waals surface area (Å²) < 4.78 is 14.6. The van der Waals surface area contributed by atoms with E-state index in [1.54, 1.807) is 20.8 Å². The van der Waals surface area contributed by atoms with Crippen LogP contribution in [-0.2, 0) is 19.2 Å². The van der Waals surface area contributed by atoms with Crippen molar-refractivity contribution in [2.45, 2.75) is 113 Å². The van der Waals surface area contributed by atoms with E-state index in [4.69, 9.17) is 0 Å². The zero-order chi connectivity index (χ0) is 36.3. The monoisotopic (exact) mass is 668 g/mol. The highest BCUT2D eigenvalue weighted by atomic mass is 19.1. The second-order valence-corrected chi connectivity index (χ2v) is 12.5. The maximum atomic E-state index is 14.2. The van der Waals surface area contributed by atoms with Crippen LogP contribution in [0.25, 0.3) is 0 Å². The van der Waals surface area contributed by atoms with Crippen molar-refractivity contribution < 1.29 is 38.3 Å². The van der Waals surface area contributed by atoms with Gasteiger partial charge in [0.15, 0.2) is 0 Å². The number of hydrogen-bond donors (Lipinski definition) is 7. The lowest BCUT2D eigenvalue weighted by molar-refractivity contribution is -0.905. The highest BCUT2D eigenvalue weighted by molar-refractivity contribution is 5.98. The fraction of sp³-hybridized carbons (Fsp3) is 0.697. The number of carbonyl (C=O) groups is 5. The largest absolute Gasteiger partial charge is 0.355 e. The minimum atomic E-state index is -1.04. The molecule has 0 fully saturated rings. The Bertz CT molecular complexity index is 1150. The van der Waals surface area contributed by atoms with Gasteiger partial charge in [-0.05, 0) is 38.0 Å². The van der Waals surface area contributed by atoms with Crippen LogP contribution < -0.4 is 36.6 Å². The molecule has 0 bridgehead atoms. The van der Waals surface area contributed by atoms with E-state index in [-0.39, 0.29) is 54.3 Å². The number of carbonyl (C=O) groups excluding carboxylic acids is 5. The number of pyridine rings is 1. The van der Waals surface area contributed by atoms with Gasteiger partial charge in [-0.25, -0.2) is 0 Å². The molecule has 1 rings (SSSR count). The fourth-order valence-corrected chi connectivity index (χ4v) is 4.39. The summed E-state index contributed by atoms with van der Waals surface area (Å²) in [7, 11) is 0. The molecule has 0 radical (unpaired) electrons. The first-order valence-corrected chi connectivity index (χ1v) is 16.6. The van der Waals surface area contributed by atoms with Crippen LogP contribution in [0.5, 0.6) is 0 Å². The van der Waals surface area contributed by atoms with Gasteiger partial charge in [0, 0.05) is 29.9 Å². The summed E-state index contributed by atoms with van der Waals surface area (Å²) in [5.41, 5.74) is -0.343. The predicted octanol–water partition coefficient (Wildman–Crippen LogP) is 1.81. The summed E-state index contributed by atoms with van der Waals surface area (Å²) in [4.78, 5) is 63.6. The van der Waals surface area contributed by atoms with Crippen LogP contribution in [0.15, 0.2) is 18.5 Å². The number of likely N-dealkylation sites (N-methyl/N-ethyl adjacent to an activating group) is 1. The molecule has 0 saturated heterocycles. The molecule has 14 heteroatoms. The summed E-state index contributed by atoms with van der Waals surface area (Å²) in [5, 5.41) is 25.9. The molecule has 13 nitrogen and oxygen atoms in total. The molecular weight excluding hydrogens is 609 g/mol. The molecule has 1 aromatic rings. The molecule has 268 valence electrons. The second kappa shape index (κ2) is 22.7. The third-order valence-electron chi connectivity index (χ3n) is 7.13. The number of nitrogens with zero attached hydrogens (tertiary/aromatic N) is 1. The minimum Gasteiger partial charge on any atom is -0.355 e. The van der Waals surface area contributed by atoms with Crippen molar-refractivity contribution >= 4 is 29.5 Å². The number of amides is 5. The fourth-order valence-electron chi connectivity index (χ4n) is 4.39. The Morgan fingerprint density at radius 2 is 1.45 bits per heavy atom. The van der Waals surface area contributed by atoms with Gasteiger partial charge in [0.25, 0.3) is 12.1 Å². The predicted molar refractivity (Wildman–Crippen MR) is 178 cm³/mol. The Balaban J connectivity index is 0.00000677. The summed E-state index contributed by atoms with van der Waals surface area (Å²) in [6.45, 7) is 19.3. The van der Waals surface area contributed by atoms with Gasteiger partial charge in [-0.3, -0.25) is 29.2 Å². The van der Waals surface area contributed by atoms with Gasteiger partial charge in [-0.2, -0.15) is 4.39 Å². The Labute approximate surface area is 279 Å². The van der Waals surface area contributed by atoms with Crippen LogP contribution in [0, 0.1) is 23.6 Å². The number of aromatic nitrogens is 1. The molecule has 0 saturated carbocycles. The zero-order valence-corrected chi connectivity index (χ0v) is 29.8. The van der Waals surface area contributed by atoms with Crippen molar-refractivity contribution in [3.05, 3.63) is 29.8 Å². The van der Waals surface area contributed by atoms with Gasteiger partial charge in [-0.1, -0.05) is 68.2 Å². The van der Waals surface area contributed by atoms with E-state index < -0.39 is 41.7 Å². The van der Waals surface area contributed by atoms with Gasteiger partial charge in [0.05, 0.1) is 18.2 Å². The van der Waals surface area contributed by atoms with Crippen LogP contribution in [0.4, 0.5) is 4.39 Å². The van der Waals surface area contributed by atoms with E-state index >= 15 is 0 Å². The number of hydrogen-bond acceptors (Lipinski definition) is 7. The molecular formula is C33H59FN7O6+. The summed E-state index contributed by atoms with van der Waals surface area (Å²) in [6, 6.07) is -1.64. The van der Waals surface area contributed by atoms with Crippen LogP contribution in [-0.4, -0.2) is 78.5 Å². The van der Waals surface area contributed by atoms with Crippen molar-refractivity contribution in [2.75, 3.05) is 19.6 Å². The summed E-state index contributed by atoms with van der Waals surface area (Å²) in [5.74, 6) is -3.69. The molecule has 0 aliphatic carbocycles. The van der Waals surface area contributed by atoms with Crippen molar-refractivity contribution in [3.63, 3.8) is 0 Å². The smallest absolute Gasteiger partial charge is 0.258 e. The van der Waals surface area contributed by atoms with E-state index in [1.807, 2.05) is 34.6 Å². The third kappa shape index (κ3) is 16.5. The summed E-state index contributed by atoms with van der Waals surface area (Å²) >= 11 is 0. The standard InChI is InChI=1S/C30H50FN7O6.C3H8/c1-9-19(7)26(37-28(41)22-11-12-38(44)16-23(22)31)30(43)34-15-24(39)35-21(13-17(3)4)14-33-20(8)27(40)36-25(18(5)6)29(42)32-10-2;1-3-2/h11-12,16-21,25-26,33H,9-10,13-15H2,1-8H3,(H5-,32,34,35,36,37,39,40,41,42,43,44);3H2,1-2H3/p+1/t19?,20-,21?,25?,26?;/m0./s1. The number of rotatable bonds is 18. The molecule has 0 aliphatic heterocycles. The highest BCUT2D eigenvalue weighted by Gasteiger charge is 2.29. The lowest BCUT2D eigenvalue weighted by atomic mass is 9.98. The SMILES string of the molecule is CCC.CCNC(=O)C(NC(=O)[C@H](C)NCC(CC(C)C)NC(=O)CNC(=O)C(NC(=O)c1cc[n+](O)cc1F)C(C)CC)C(C)C. The summed E-state index contributed by atoms with van der Waals surface area (Å²) in [6.07, 6.45) is 4.18. The van der Waals surface area contributed by atoms with Crippen molar-refractivity contribution in [2.24, 2.45) is 17.8 Å². The van der Waals surface area contributed by atoms with Gasteiger partial charge in [-0.15, -0.1) is 0 Å². The normalized spacial score (nSPS) is 14.1. The lowest BCUT2D eigenvalue weighted by Gasteiger charge is -2.26. The number of halogens is 1. The van der Waals surface area contributed by atoms with E-state index in [2.05, 4.69) is 45.7 Å². The maximum absolute atomic E-state index is 14.2. The molecule has 0 spiro atoms. The molecule has 0 aromatic carbocycles. The van der Waals surface area contributed by atoms with Crippen LogP contribution in [0.3, 0.4) is 0 Å². The Kier molecular flexibility index (Phi) is 20.8. The third-order valence-corrected chi connectivity index (χ3v) is 7.13. The van der Waals surface area contributed by atoms with Crippen molar-refractivity contribution in [1.29, 1.82) is 0 Å².